The van der Waals surface area contributed by atoms with Crippen molar-refractivity contribution in [1.29, 1.82) is 0 Å². The van der Waals surface area contributed by atoms with Crippen LogP contribution in [-0.2, 0) is 6.54 Å². The van der Waals surface area contributed by atoms with Gasteiger partial charge in [-0.2, -0.15) is 0 Å². The Bertz CT molecular complexity index is 536. The van der Waals surface area contributed by atoms with Crippen LogP contribution in [0.25, 0.3) is 0 Å². The first-order chi connectivity index (χ1) is 9.78. The lowest BCUT2D eigenvalue weighted by molar-refractivity contribution is 0.221. The summed E-state index contributed by atoms with van der Waals surface area (Å²) in [4.78, 5) is 0. The number of benzene rings is 2. The molecule has 0 radical (unpaired) electrons. The summed E-state index contributed by atoms with van der Waals surface area (Å²) in [6, 6.07) is 20.1. The van der Waals surface area contributed by atoms with Gasteiger partial charge in [-0.25, -0.2) is 0 Å². The predicted molar refractivity (Wildman–Crippen MR) is 86.7 cm³/mol. The van der Waals surface area contributed by atoms with E-state index in [0.717, 1.165) is 11.0 Å². The molecule has 1 heterocycles. The highest BCUT2D eigenvalue weighted by atomic mass is 15.4. The topological polar surface area (TPSA) is 0 Å². The molecule has 0 atom stereocenters. The Morgan fingerprint density at radius 3 is 2.10 bits per heavy atom. The van der Waals surface area contributed by atoms with E-state index in [1.807, 2.05) is 0 Å². The molecule has 0 aromatic heterocycles. The standard InChI is InChI=1S/C19H24N/c1-17-10-12-19(13-11-17)20(14-6-3-7-15-20)16-18-8-4-2-5-9-18/h2,4-5,8-13H,3,6-7,14-16H2,1H3/q+1. The van der Waals surface area contributed by atoms with Gasteiger partial charge in [-0.1, -0.05) is 48.0 Å². The van der Waals surface area contributed by atoms with E-state index in [4.69, 9.17) is 0 Å². The molecule has 1 nitrogen and oxygen atoms in total. The molecule has 1 saturated heterocycles. The summed E-state index contributed by atoms with van der Waals surface area (Å²) in [5.41, 5.74) is 4.29. The van der Waals surface area contributed by atoms with E-state index >= 15 is 0 Å². The molecule has 1 fully saturated rings. The van der Waals surface area contributed by atoms with Crippen molar-refractivity contribution in [2.24, 2.45) is 0 Å². The van der Waals surface area contributed by atoms with E-state index in [1.54, 1.807) is 0 Å². The summed E-state index contributed by atoms with van der Waals surface area (Å²) >= 11 is 0. The quantitative estimate of drug-likeness (QED) is 0.707. The van der Waals surface area contributed by atoms with Crippen LogP contribution in [0.15, 0.2) is 54.6 Å². The zero-order valence-electron chi connectivity index (χ0n) is 12.4. The lowest BCUT2D eigenvalue weighted by Crippen LogP contribution is -2.52. The molecule has 1 aliphatic heterocycles. The van der Waals surface area contributed by atoms with Gasteiger partial charge in [0.1, 0.15) is 12.2 Å². The molecule has 1 aliphatic rings. The Morgan fingerprint density at radius 1 is 0.800 bits per heavy atom. The van der Waals surface area contributed by atoms with Crippen molar-refractivity contribution in [1.82, 2.24) is 4.48 Å². The molecule has 0 bridgehead atoms. The summed E-state index contributed by atoms with van der Waals surface area (Å²) in [5.74, 6) is 0. The van der Waals surface area contributed by atoms with Crippen LogP contribution in [0.4, 0.5) is 5.69 Å². The van der Waals surface area contributed by atoms with Gasteiger partial charge in [-0.15, -0.1) is 0 Å². The third-order valence-corrected chi connectivity index (χ3v) is 4.58. The minimum Gasteiger partial charge on any atom is -0.287 e. The Labute approximate surface area is 122 Å². The second-order valence-corrected chi connectivity index (χ2v) is 6.13. The van der Waals surface area contributed by atoms with Gasteiger partial charge >= 0.3 is 0 Å². The molecule has 3 rings (SSSR count). The summed E-state index contributed by atoms with van der Waals surface area (Å²) in [6.07, 6.45) is 4.09. The fourth-order valence-electron chi connectivity index (χ4n) is 3.42. The molecule has 20 heavy (non-hydrogen) atoms. The lowest BCUT2D eigenvalue weighted by atomic mass is 10.0. The molecule has 0 amide bonds. The van der Waals surface area contributed by atoms with Crippen molar-refractivity contribution >= 4 is 5.69 Å². The highest BCUT2D eigenvalue weighted by molar-refractivity contribution is 5.45. The first-order valence-electron chi connectivity index (χ1n) is 7.76. The molecule has 0 N–H and O–H groups in total. The van der Waals surface area contributed by atoms with Gasteiger partial charge in [-0.05, 0) is 38.3 Å². The van der Waals surface area contributed by atoms with Crippen molar-refractivity contribution in [3.8, 4) is 0 Å². The van der Waals surface area contributed by atoms with Crippen LogP contribution in [0, 0.1) is 6.92 Å². The molecule has 2 aromatic carbocycles. The van der Waals surface area contributed by atoms with Gasteiger partial charge in [0.05, 0.1) is 13.1 Å². The monoisotopic (exact) mass is 266 g/mol. The van der Waals surface area contributed by atoms with E-state index in [9.17, 15) is 0 Å². The van der Waals surface area contributed by atoms with Gasteiger partial charge in [0.15, 0.2) is 0 Å². The van der Waals surface area contributed by atoms with E-state index in [2.05, 4.69) is 61.5 Å². The Balaban J connectivity index is 1.94. The predicted octanol–water partition coefficient (Wildman–Crippen LogP) is 4.69. The van der Waals surface area contributed by atoms with Crippen molar-refractivity contribution in [3.63, 3.8) is 0 Å². The number of hydrogen-bond acceptors (Lipinski definition) is 0. The van der Waals surface area contributed by atoms with Crippen LogP contribution >= 0.6 is 0 Å². The summed E-state index contributed by atoms with van der Waals surface area (Å²) in [7, 11) is 0. The Hall–Kier alpha value is -1.60. The molecule has 0 unspecified atom stereocenters. The smallest absolute Gasteiger partial charge is 0.133 e. The number of quaternary nitrogens is 1. The zero-order valence-corrected chi connectivity index (χ0v) is 12.4. The number of nitrogens with zero attached hydrogens (tertiary/aromatic N) is 1. The van der Waals surface area contributed by atoms with E-state index < -0.39 is 0 Å². The van der Waals surface area contributed by atoms with Crippen LogP contribution in [0.5, 0.6) is 0 Å². The second-order valence-electron chi connectivity index (χ2n) is 6.13. The number of likely N-dealkylation sites (tertiary alicyclic amines) is 1. The minimum absolute atomic E-state index is 1.13. The number of hydrogen-bond donors (Lipinski definition) is 0. The molecule has 0 aliphatic carbocycles. The molecule has 104 valence electrons. The summed E-state index contributed by atoms with van der Waals surface area (Å²) in [6.45, 7) is 5.85. The van der Waals surface area contributed by atoms with E-state index in [1.165, 1.54) is 49.2 Å². The normalized spacial score (nSPS) is 17.9. The van der Waals surface area contributed by atoms with E-state index in [0.29, 0.717) is 0 Å². The fraction of sp³-hybridized carbons (Fsp3) is 0.368. The maximum absolute atomic E-state index is 2.34. The van der Waals surface area contributed by atoms with Gasteiger partial charge < -0.3 is 0 Å². The molecule has 0 spiro atoms. The van der Waals surface area contributed by atoms with Crippen molar-refractivity contribution in [2.45, 2.75) is 32.7 Å². The zero-order chi connectivity index (χ0) is 13.8. The molecule has 1 heteroatoms. The first-order valence-corrected chi connectivity index (χ1v) is 7.76. The van der Waals surface area contributed by atoms with Crippen LogP contribution in [0.1, 0.15) is 30.4 Å². The lowest BCUT2D eigenvalue weighted by Gasteiger charge is -2.41. The summed E-state index contributed by atoms with van der Waals surface area (Å²) < 4.78 is 1.13. The number of rotatable bonds is 3. The minimum atomic E-state index is 1.13. The van der Waals surface area contributed by atoms with Gasteiger partial charge in [0, 0.05) is 5.56 Å². The number of piperidine rings is 1. The highest BCUT2D eigenvalue weighted by Crippen LogP contribution is 2.31. The molecular weight excluding hydrogens is 242 g/mol. The largest absolute Gasteiger partial charge is 0.287 e. The highest BCUT2D eigenvalue weighted by Gasteiger charge is 2.32. The Morgan fingerprint density at radius 2 is 1.45 bits per heavy atom. The third kappa shape index (κ3) is 2.78. The Kier molecular flexibility index (Phi) is 3.88. The average molecular weight is 266 g/mol. The molecule has 0 saturated carbocycles. The SMILES string of the molecule is Cc1ccc([N+]2(Cc3ccccc3)CCCCC2)cc1. The van der Waals surface area contributed by atoms with Crippen molar-refractivity contribution < 1.29 is 0 Å². The van der Waals surface area contributed by atoms with Crippen molar-refractivity contribution in [2.75, 3.05) is 13.1 Å². The number of aryl methyl sites for hydroxylation is 1. The van der Waals surface area contributed by atoms with E-state index in [-0.39, 0.29) is 0 Å². The maximum Gasteiger partial charge on any atom is 0.133 e. The summed E-state index contributed by atoms with van der Waals surface area (Å²) in [5, 5.41) is 0. The molecular formula is C19H24N+. The fourth-order valence-corrected chi connectivity index (χ4v) is 3.42. The van der Waals surface area contributed by atoms with Crippen molar-refractivity contribution in [3.05, 3.63) is 65.7 Å². The van der Waals surface area contributed by atoms with Gasteiger partial charge in [-0.3, -0.25) is 4.48 Å². The maximum atomic E-state index is 2.34. The van der Waals surface area contributed by atoms with Gasteiger partial charge in [0.25, 0.3) is 0 Å². The van der Waals surface area contributed by atoms with Gasteiger partial charge in [0.2, 0.25) is 0 Å². The van der Waals surface area contributed by atoms with Crippen LogP contribution in [0.2, 0.25) is 0 Å². The molecule has 2 aromatic rings. The van der Waals surface area contributed by atoms with Crippen LogP contribution < -0.4 is 4.48 Å². The van der Waals surface area contributed by atoms with Crippen LogP contribution in [0.3, 0.4) is 0 Å². The second kappa shape index (κ2) is 5.80. The third-order valence-electron chi connectivity index (χ3n) is 4.58. The first kappa shape index (κ1) is 13.4. The van der Waals surface area contributed by atoms with Crippen LogP contribution in [-0.4, -0.2) is 13.1 Å². The average Bonchev–Trinajstić information content (AvgIpc) is 2.50.